The number of para-hydroxylation sites is 1. The molecule has 2 N–H and O–H groups in total. The van der Waals surface area contributed by atoms with Crippen molar-refractivity contribution in [3.05, 3.63) is 30.3 Å². The van der Waals surface area contributed by atoms with Gasteiger partial charge in [0, 0.05) is 44.2 Å². The second-order valence-electron chi connectivity index (χ2n) is 6.62. The maximum atomic E-state index is 11.9. The second-order valence-corrected chi connectivity index (χ2v) is 6.62. The Kier molecular flexibility index (Phi) is 7.09. The van der Waals surface area contributed by atoms with Gasteiger partial charge in [-0.1, -0.05) is 31.0 Å². The van der Waals surface area contributed by atoms with Crippen molar-refractivity contribution in [3.8, 4) is 0 Å². The van der Waals surface area contributed by atoms with Crippen LogP contribution in [0.3, 0.4) is 0 Å². The van der Waals surface area contributed by atoms with Crippen LogP contribution in [0.15, 0.2) is 30.3 Å². The van der Waals surface area contributed by atoms with Gasteiger partial charge in [0.05, 0.1) is 0 Å². The molecule has 1 saturated carbocycles. The van der Waals surface area contributed by atoms with Crippen LogP contribution in [0.5, 0.6) is 0 Å². The van der Waals surface area contributed by atoms with E-state index in [1.54, 1.807) is 0 Å². The number of benzene rings is 1. The van der Waals surface area contributed by atoms with Crippen molar-refractivity contribution in [1.29, 1.82) is 0 Å². The van der Waals surface area contributed by atoms with Crippen LogP contribution in [-0.2, 0) is 9.59 Å². The molecule has 0 radical (unpaired) electrons. The standard InChI is InChI=1S/C19H29N3O2/c1-15(22(2)17-10-4-3-5-11-17)14-21-18(23)12-13-20-19(24)16-8-6-7-9-16/h3-5,10-11,15-16H,6-9,12-14H2,1-2H3,(H,20,24)(H,21,23)/t15-/m0/s1. The molecule has 0 unspecified atom stereocenters. The minimum Gasteiger partial charge on any atom is -0.370 e. The van der Waals surface area contributed by atoms with Gasteiger partial charge in [0.1, 0.15) is 0 Å². The van der Waals surface area contributed by atoms with Crippen molar-refractivity contribution in [2.45, 2.75) is 45.1 Å². The third-order valence-corrected chi connectivity index (χ3v) is 4.80. The van der Waals surface area contributed by atoms with E-state index in [-0.39, 0.29) is 23.8 Å². The summed E-state index contributed by atoms with van der Waals surface area (Å²) in [5.41, 5.74) is 1.13. The minimum atomic E-state index is -0.0185. The molecule has 1 aromatic rings. The summed E-state index contributed by atoms with van der Waals surface area (Å²) in [6.45, 7) is 3.08. The molecule has 1 aliphatic rings. The summed E-state index contributed by atoms with van der Waals surface area (Å²) in [5.74, 6) is 0.250. The van der Waals surface area contributed by atoms with Crippen LogP contribution >= 0.6 is 0 Å². The number of hydrogen-bond donors (Lipinski definition) is 2. The molecule has 1 aliphatic carbocycles. The number of likely N-dealkylation sites (N-methyl/N-ethyl adjacent to an activating group) is 1. The van der Waals surface area contributed by atoms with E-state index in [1.807, 2.05) is 25.2 Å². The second kappa shape index (κ2) is 9.30. The van der Waals surface area contributed by atoms with Crippen LogP contribution < -0.4 is 15.5 Å². The molecule has 1 atom stereocenters. The van der Waals surface area contributed by atoms with E-state index in [4.69, 9.17) is 0 Å². The lowest BCUT2D eigenvalue weighted by molar-refractivity contribution is -0.125. The Morgan fingerprint density at radius 3 is 2.50 bits per heavy atom. The third kappa shape index (κ3) is 5.55. The lowest BCUT2D eigenvalue weighted by Gasteiger charge is -2.27. The molecule has 0 bridgehead atoms. The zero-order valence-electron chi connectivity index (χ0n) is 14.8. The van der Waals surface area contributed by atoms with Crippen LogP contribution in [0, 0.1) is 5.92 Å². The SMILES string of the molecule is C[C@@H](CNC(=O)CCNC(=O)C1CCCC1)N(C)c1ccccc1. The highest BCUT2D eigenvalue weighted by Crippen LogP contribution is 2.24. The summed E-state index contributed by atoms with van der Waals surface area (Å²) < 4.78 is 0. The van der Waals surface area contributed by atoms with Gasteiger partial charge in [-0.15, -0.1) is 0 Å². The summed E-state index contributed by atoms with van der Waals surface area (Å²) in [5, 5.41) is 5.83. The van der Waals surface area contributed by atoms with Crippen molar-refractivity contribution in [2.24, 2.45) is 5.92 Å². The predicted octanol–water partition coefficient (Wildman–Crippen LogP) is 2.32. The summed E-state index contributed by atoms with van der Waals surface area (Å²) in [6, 6.07) is 10.3. The molecule has 1 aromatic carbocycles. The van der Waals surface area contributed by atoms with E-state index < -0.39 is 0 Å². The number of nitrogens with one attached hydrogen (secondary N) is 2. The fraction of sp³-hybridized carbons (Fsp3) is 0.579. The average Bonchev–Trinajstić information content (AvgIpc) is 3.14. The topological polar surface area (TPSA) is 61.4 Å². The Labute approximate surface area is 144 Å². The van der Waals surface area contributed by atoms with Crippen LogP contribution in [0.1, 0.15) is 39.0 Å². The number of nitrogens with zero attached hydrogens (tertiary/aromatic N) is 1. The van der Waals surface area contributed by atoms with Gasteiger partial charge < -0.3 is 15.5 Å². The zero-order chi connectivity index (χ0) is 17.4. The molecular formula is C19H29N3O2. The molecule has 1 fully saturated rings. The number of anilines is 1. The lowest BCUT2D eigenvalue weighted by Crippen LogP contribution is -2.41. The first-order valence-corrected chi connectivity index (χ1v) is 8.90. The van der Waals surface area contributed by atoms with Gasteiger partial charge in [0.2, 0.25) is 11.8 Å². The number of hydrogen-bond acceptors (Lipinski definition) is 3. The highest BCUT2D eigenvalue weighted by molar-refractivity contribution is 5.80. The van der Waals surface area contributed by atoms with E-state index in [0.29, 0.717) is 19.5 Å². The smallest absolute Gasteiger partial charge is 0.223 e. The molecular weight excluding hydrogens is 302 g/mol. The van der Waals surface area contributed by atoms with Crippen molar-refractivity contribution < 1.29 is 9.59 Å². The van der Waals surface area contributed by atoms with Gasteiger partial charge in [-0.3, -0.25) is 9.59 Å². The molecule has 5 heteroatoms. The van der Waals surface area contributed by atoms with Gasteiger partial charge in [-0.05, 0) is 31.9 Å². The normalized spacial score (nSPS) is 15.8. The Morgan fingerprint density at radius 1 is 1.17 bits per heavy atom. The third-order valence-electron chi connectivity index (χ3n) is 4.80. The quantitative estimate of drug-likeness (QED) is 0.768. The Morgan fingerprint density at radius 2 is 1.83 bits per heavy atom. The summed E-state index contributed by atoms with van der Waals surface area (Å²) >= 11 is 0. The molecule has 0 saturated heterocycles. The highest BCUT2D eigenvalue weighted by Gasteiger charge is 2.22. The first kappa shape index (κ1) is 18.3. The molecule has 0 spiro atoms. The molecule has 132 valence electrons. The van der Waals surface area contributed by atoms with Crippen LogP contribution in [0.2, 0.25) is 0 Å². The molecule has 0 heterocycles. The average molecular weight is 331 g/mol. The van der Waals surface area contributed by atoms with Gasteiger partial charge in [0.15, 0.2) is 0 Å². The molecule has 2 amide bonds. The fourth-order valence-electron chi connectivity index (χ4n) is 3.04. The monoisotopic (exact) mass is 331 g/mol. The first-order chi connectivity index (χ1) is 11.6. The van der Waals surface area contributed by atoms with Crippen molar-refractivity contribution >= 4 is 17.5 Å². The fourth-order valence-corrected chi connectivity index (χ4v) is 3.04. The van der Waals surface area contributed by atoms with E-state index in [1.165, 1.54) is 0 Å². The van der Waals surface area contributed by atoms with Crippen LogP contribution in [-0.4, -0.2) is 38.0 Å². The molecule has 24 heavy (non-hydrogen) atoms. The summed E-state index contributed by atoms with van der Waals surface area (Å²) in [7, 11) is 2.02. The predicted molar refractivity (Wildman–Crippen MR) is 96.9 cm³/mol. The van der Waals surface area contributed by atoms with Gasteiger partial charge in [-0.2, -0.15) is 0 Å². The number of carbonyl (C=O) groups excluding carboxylic acids is 2. The van der Waals surface area contributed by atoms with Crippen LogP contribution in [0.4, 0.5) is 5.69 Å². The van der Waals surface area contributed by atoms with Gasteiger partial charge >= 0.3 is 0 Å². The summed E-state index contributed by atoms with van der Waals surface area (Å²) in [6.07, 6.45) is 4.60. The number of rotatable bonds is 8. The van der Waals surface area contributed by atoms with E-state index in [2.05, 4.69) is 34.6 Å². The van der Waals surface area contributed by atoms with Crippen molar-refractivity contribution in [2.75, 3.05) is 25.0 Å². The number of carbonyl (C=O) groups is 2. The van der Waals surface area contributed by atoms with E-state index in [9.17, 15) is 9.59 Å². The largest absolute Gasteiger partial charge is 0.370 e. The van der Waals surface area contributed by atoms with E-state index >= 15 is 0 Å². The Balaban J connectivity index is 1.62. The maximum Gasteiger partial charge on any atom is 0.223 e. The van der Waals surface area contributed by atoms with Gasteiger partial charge in [-0.25, -0.2) is 0 Å². The number of amides is 2. The van der Waals surface area contributed by atoms with E-state index in [0.717, 1.165) is 31.4 Å². The minimum absolute atomic E-state index is 0.0185. The van der Waals surface area contributed by atoms with Crippen molar-refractivity contribution in [3.63, 3.8) is 0 Å². The first-order valence-electron chi connectivity index (χ1n) is 8.90. The molecule has 5 nitrogen and oxygen atoms in total. The Hall–Kier alpha value is -2.04. The lowest BCUT2D eigenvalue weighted by atomic mass is 10.1. The van der Waals surface area contributed by atoms with Crippen LogP contribution in [0.25, 0.3) is 0 Å². The van der Waals surface area contributed by atoms with Crippen molar-refractivity contribution in [1.82, 2.24) is 10.6 Å². The Bertz CT molecular complexity index is 527. The molecule has 0 aliphatic heterocycles. The molecule has 2 rings (SSSR count). The summed E-state index contributed by atoms with van der Waals surface area (Å²) in [4.78, 5) is 26.0. The maximum absolute atomic E-state index is 11.9. The zero-order valence-corrected chi connectivity index (χ0v) is 14.8. The van der Waals surface area contributed by atoms with Gasteiger partial charge in [0.25, 0.3) is 0 Å². The highest BCUT2D eigenvalue weighted by atomic mass is 16.2. The molecule has 0 aromatic heterocycles.